The highest BCUT2D eigenvalue weighted by molar-refractivity contribution is 7.99. The number of amides is 1. The molecule has 1 aliphatic rings. The summed E-state index contributed by atoms with van der Waals surface area (Å²) in [5.41, 5.74) is 1.62. The summed E-state index contributed by atoms with van der Waals surface area (Å²) in [6, 6.07) is 9.73. The maximum absolute atomic E-state index is 12.8. The monoisotopic (exact) mass is 301 g/mol. The van der Waals surface area contributed by atoms with Crippen molar-refractivity contribution in [3.05, 3.63) is 35.9 Å². The molecule has 1 N–H and O–H groups in total. The van der Waals surface area contributed by atoms with E-state index in [9.17, 15) is 4.79 Å². The highest BCUT2D eigenvalue weighted by Crippen LogP contribution is 2.23. The van der Waals surface area contributed by atoms with Crippen LogP contribution in [0.25, 0.3) is 10.9 Å². The van der Waals surface area contributed by atoms with Gasteiger partial charge in [-0.25, -0.2) is 4.98 Å². The molecule has 2 aromatic rings. The van der Waals surface area contributed by atoms with Gasteiger partial charge in [0.15, 0.2) is 0 Å². The summed E-state index contributed by atoms with van der Waals surface area (Å²) in [6.07, 6.45) is 0. The molecule has 2 heterocycles. The fourth-order valence-corrected chi connectivity index (χ4v) is 3.46. The number of aromatic nitrogens is 1. The van der Waals surface area contributed by atoms with Crippen molar-refractivity contribution in [2.75, 3.05) is 36.5 Å². The smallest absolute Gasteiger partial charge is 0.254 e. The van der Waals surface area contributed by atoms with E-state index in [2.05, 4.69) is 10.3 Å². The van der Waals surface area contributed by atoms with Crippen LogP contribution in [0.5, 0.6) is 0 Å². The summed E-state index contributed by atoms with van der Waals surface area (Å²) in [4.78, 5) is 19.4. The average Bonchev–Trinajstić information content (AvgIpc) is 2.54. The van der Waals surface area contributed by atoms with Crippen LogP contribution < -0.4 is 5.32 Å². The lowest BCUT2D eigenvalue weighted by atomic mass is 10.1. The zero-order valence-corrected chi connectivity index (χ0v) is 12.9. The van der Waals surface area contributed by atoms with E-state index in [-0.39, 0.29) is 5.91 Å². The van der Waals surface area contributed by atoms with E-state index >= 15 is 0 Å². The SMILES string of the molecule is CCNc1cc(C(=O)N2CCSCC2)c2ccccc2n1. The molecule has 0 atom stereocenters. The van der Waals surface area contributed by atoms with Crippen molar-refractivity contribution >= 4 is 34.4 Å². The van der Waals surface area contributed by atoms with Crippen molar-refractivity contribution in [1.82, 2.24) is 9.88 Å². The van der Waals surface area contributed by atoms with Gasteiger partial charge in [-0.3, -0.25) is 4.79 Å². The zero-order valence-electron chi connectivity index (χ0n) is 12.1. The van der Waals surface area contributed by atoms with Gasteiger partial charge in [0, 0.05) is 36.5 Å². The van der Waals surface area contributed by atoms with Crippen LogP contribution in [0.4, 0.5) is 5.82 Å². The molecule has 1 fully saturated rings. The molecule has 0 aliphatic carbocycles. The van der Waals surface area contributed by atoms with Crippen LogP contribution in [0.2, 0.25) is 0 Å². The number of nitrogens with one attached hydrogen (secondary N) is 1. The second-order valence-corrected chi connectivity index (χ2v) is 6.23. The molecule has 1 aromatic heterocycles. The number of fused-ring (bicyclic) bond motifs is 1. The second kappa shape index (κ2) is 6.35. The lowest BCUT2D eigenvalue weighted by molar-refractivity contribution is 0.0774. The number of rotatable bonds is 3. The molecule has 0 radical (unpaired) electrons. The number of para-hydroxylation sites is 1. The summed E-state index contributed by atoms with van der Waals surface area (Å²) >= 11 is 1.91. The quantitative estimate of drug-likeness (QED) is 0.947. The van der Waals surface area contributed by atoms with Crippen LogP contribution in [0, 0.1) is 0 Å². The van der Waals surface area contributed by atoms with Gasteiger partial charge in [-0.1, -0.05) is 18.2 Å². The van der Waals surface area contributed by atoms with Crippen LogP contribution >= 0.6 is 11.8 Å². The van der Waals surface area contributed by atoms with Gasteiger partial charge in [0.2, 0.25) is 0 Å². The number of thioether (sulfide) groups is 1. The van der Waals surface area contributed by atoms with Crippen molar-refractivity contribution in [3.63, 3.8) is 0 Å². The highest BCUT2D eigenvalue weighted by atomic mass is 32.2. The Hall–Kier alpha value is -1.75. The van der Waals surface area contributed by atoms with Gasteiger partial charge in [0.25, 0.3) is 5.91 Å². The molecular formula is C16H19N3OS. The fraction of sp³-hybridized carbons (Fsp3) is 0.375. The van der Waals surface area contributed by atoms with Crippen molar-refractivity contribution in [1.29, 1.82) is 0 Å². The van der Waals surface area contributed by atoms with Crippen LogP contribution in [0.15, 0.2) is 30.3 Å². The molecule has 4 nitrogen and oxygen atoms in total. The summed E-state index contributed by atoms with van der Waals surface area (Å²) in [7, 11) is 0. The highest BCUT2D eigenvalue weighted by Gasteiger charge is 2.21. The number of carbonyl (C=O) groups is 1. The zero-order chi connectivity index (χ0) is 14.7. The number of benzene rings is 1. The Morgan fingerprint density at radius 2 is 2.10 bits per heavy atom. The fourth-order valence-electron chi connectivity index (χ4n) is 2.56. The van der Waals surface area contributed by atoms with E-state index in [0.717, 1.165) is 53.4 Å². The van der Waals surface area contributed by atoms with Gasteiger partial charge in [0.05, 0.1) is 11.1 Å². The molecule has 21 heavy (non-hydrogen) atoms. The Morgan fingerprint density at radius 3 is 2.86 bits per heavy atom. The Morgan fingerprint density at radius 1 is 1.33 bits per heavy atom. The largest absolute Gasteiger partial charge is 0.370 e. The molecule has 5 heteroatoms. The molecule has 1 saturated heterocycles. The lowest BCUT2D eigenvalue weighted by Crippen LogP contribution is -2.38. The minimum absolute atomic E-state index is 0.119. The molecular weight excluding hydrogens is 282 g/mol. The maximum atomic E-state index is 12.8. The van der Waals surface area contributed by atoms with Crippen molar-refractivity contribution in [2.24, 2.45) is 0 Å². The van der Waals surface area contributed by atoms with Gasteiger partial charge >= 0.3 is 0 Å². The first-order valence-corrected chi connectivity index (χ1v) is 8.45. The maximum Gasteiger partial charge on any atom is 0.254 e. The third-order valence-electron chi connectivity index (χ3n) is 3.60. The van der Waals surface area contributed by atoms with Crippen LogP contribution in [-0.4, -0.2) is 46.9 Å². The van der Waals surface area contributed by atoms with E-state index in [1.165, 1.54) is 0 Å². The molecule has 0 unspecified atom stereocenters. The first-order chi connectivity index (χ1) is 10.3. The number of hydrogen-bond donors (Lipinski definition) is 1. The molecule has 1 aliphatic heterocycles. The lowest BCUT2D eigenvalue weighted by Gasteiger charge is -2.27. The van der Waals surface area contributed by atoms with Gasteiger partial charge < -0.3 is 10.2 Å². The third kappa shape index (κ3) is 2.97. The van der Waals surface area contributed by atoms with Crippen LogP contribution in [0.1, 0.15) is 17.3 Å². The second-order valence-electron chi connectivity index (χ2n) is 5.01. The number of carbonyl (C=O) groups excluding carboxylic acids is 1. The Kier molecular flexibility index (Phi) is 4.29. The molecule has 3 rings (SSSR count). The number of hydrogen-bond acceptors (Lipinski definition) is 4. The van der Waals surface area contributed by atoms with Gasteiger partial charge in [-0.05, 0) is 19.1 Å². The Balaban J connectivity index is 2.04. The predicted octanol–water partition coefficient (Wildman–Crippen LogP) is 2.86. The van der Waals surface area contributed by atoms with Gasteiger partial charge in [0.1, 0.15) is 5.82 Å². The first-order valence-electron chi connectivity index (χ1n) is 7.30. The average molecular weight is 301 g/mol. The standard InChI is InChI=1S/C16H19N3OS/c1-2-17-15-11-13(12-5-3-4-6-14(12)18-15)16(20)19-7-9-21-10-8-19/h3-6,11H,2,7-10H2,1H3,(H,17,18). The minimum Gasteiger partial charge on any atom is -0.370 e. The predicted molar refractivity (Wildman–Crippen MR) is 89.1 cm³/mol. The van der Waals surface area contributed by atoms with E-state index in [4.69, 9.17) is 0 Å². The van der Waals surface area contributed by atoms with Gasteiger partial charge in [-0.2, -0.15) is 11.8 Å². The molecule has 110 valence electrons. The molecule has 0 bridgehead atoms. The first kappa shape index (κ1) is 14.2. The number of pyridine rings is 1. The third-order valence-corrected chi connectivity index (χ3v) is 4.55. The van der Waals surface area contributed by atoms with Crippen molar-refractivity contribution in [3.8, 4) is 0 Å². The van der Waals surface area contributed by atoms with E-state index in [0.29, 0.717) is 0 Å². The van der Waals surface area contributed by atoms with Crippen molar-refractivity contribution in [2.45, 2.75) is 6.92 Å². The summed E-state index contributed by atoms with van der Waals surface area (Å²) in [6.45, 7) is 4.48. The molecule has 0 saturated carbocycles. The number of anilines is 1. The summed E-state index contributed by atoms with van der Waals surface area (Å²) in [5, 5.41) is 4.14. The van der Waals surface area contributed by atoms with E-state index in [1.54, 1.807) is 0 Å². The topological polar surface area (TPSA) is 45.2 Å². The number of nitrogens with zero attached hydrogens (tertiary/aromatic N) is 2. The minimum atomic E-state index is 0.119. The molecule has 0 spiro atoms. The molecule has 1 aromatic carbocycles. The van der Waals surface area contributed by atoms with Gasteiger partial charge in [-0.15, -0.1) is 0 Å². The summed E-state index contributed by atoms with van der Waals surface area (Å²) < 4.78 is 0. The normalized spacial score (nSPS) is 15.2. The summed E-state index contributed by atoms with van der Waals surface area (Å²) in [5.74, 6) is 2.93. The van der Waals surface area contributed by atoms with Crippen LogP contribution in [-0.2, 0) is 0 Å². The van der Waals surface area contributed by atoms with Crippen molar-refractivity contribution < 1.29 is 4.79 Å². The van der Waals surface area contributed by atoms with Crippen LogP contribution in [0.3, 0.4) is 0 Å². The van der Waals surface area contributed by atoms with E-state index in [1.807, 2.05) is 53.9 Å². The van der Waals surface area contributed by atoms with E-state index < -0.39 is 0 Å². The molecule has 1 amide bonds. The Bertz CT molecular complexity index is 653. The Labute approximate surface area is 128 Å².